The van der Waals surface area contributed by atoms with Crippen LogP contribution in [-0.4, -0.2) is 20.9 Å². The molecule has 1 amide bonds. The van der Waals surface area contributed by atoms with Gasteiger partial charge in [0, 0.05) is 12.6 Å². The average molecular weight is 427 g/mol. The first-order valence-corrected chi connectivity index (χ1v) is 10.7. The lowest BCUT2D eigenvalue weighted by molar-refractivity contribution is -0.116. The van der Waals surface area contributed by atoms with E-state index in [1.54, 1.807) is 36.4 Å². The molecule has 154 valence electrons. The molecule has 3 aromatic rings. The summed E-state index contributed by atoms with van der Waals surface area (Å²) >= 11 is 0. The van der Waals surface area contributed by atoms with E-state index in [2.05, 4.69) is 5.32 Å². The fourth-order valence-corrected chi connectivity index (χ4v) is 4.56. The molecule has 0 saturated carbocycles. The van der Waals surface area contributed by atoms with Gasteiger partial charge in [-0.25, -0.2) is 17.2 Å². The Hall–Kier alpha value is -3.32. The minimum atomic E-state index is -3.89. The van der Waals surface area contributed by atoms with Crippen LogP contribution in [0.15, 0.2) is 89.8 Å². The zero-order valence-corrected chi connectivity index (χ0v) is 16.7. The van der Waals surface area contributed by atoms with Crippen molar-refractivity contribution in [3.8, 4) is 0 Å². The summed E-state index contributed by atoms with van der Waals surface area (Å²) in [5.74, 6) is -1.48. The molecule has 0 aliphatic carbocycles. The van der Waals surface area contributed by atoms with Gasteiger partial charge in [0.1, 0.15) is 16.9 Å². The van der Waals surface area contributed by atoms with Crippen molar-refractivity contribution < 1.29 is 22.0 Å². The topological polar surface area (TPSA) is 63.2 Å². The van der Waals surface area contributed by atoms with Crippen molar-refractivity contribution in [3.63, 3.8) is 0 Å². The van der Waals surface area contributed by atoms with E-state index in [-0.39, 0.29) is 11.4 Å². The largest absolute Gasteiger partial charge is 0.351 e. The Bertz CT molecular complexity index is 1140. The van der Waals surface area contributed by atoms with E-state index < -0.39 is 32.6 Å². The van der Waals surface area contributed by atoms with Crippen LogP contribution in [0.5, 0.6) is 0 Å². The normalized spacial score (nSPS) is 12.6. The number of nitrogens with one attached hydrogen (secondary N) is 1. The highest BCUT2D eigenvalue weighted by molar-refractivity contribution is 7.91. The number of rotatable bonds is 7. The number of benzene rings is 3. The second-order valence-electron chi connectivity index (χ2n) is 6.53. The number of hydrogen-bond acceptors (Lipinski definition) is 3. The van der Waals surface area contributed by atoms with Crippen molar-refractivity contribution in [2.75, 3.05) is 6.54 Å². The molecule has 3 aromatic carbocycles. The van der Waals surface area contributed by atoms with Gasteiger partial charge in [0.2, 0.25) is 5.91 Å². The summed E-state index contributed by atoms with van der Waals surface area (Å²) in [4.78, 5) is 12.2. The first-order valence-electron chi connectivity index (χ1n) is 9.12. The van der Waals surface area contributed by atoms with Crippen LogP contribution in [0.25, 0.3) is 6.08 Å². The highest BCUT2D eigenvalue weighted by atomic mass is 32.2. The third-order valence-electron chi connectivity index (χ3n) is 4.43. The fraction of sp³-hybridized carbons (Fsp3) is 0.0870. The van der Waals surface area contributed by atoms with Crippen LogP contribution in [0, 0.1) is 11.6 Å². The van der Waals surface area contributed by atoms with Crippen molar-refractivity contribution in [1.29, 1.82) is 0 Å². The molecule has 0 bridgehead atoms. The lowest BCUT2D eigenvalue weighted by Crippen LogP contribution is -2.30. The molecule has 0 fully saturated rings. The predicted molar refractivity (Wildman–Crippen MR) is 111 cm³/mol. The summed E-state index contributed by atoms with van der Waals surface area (Å²) in [6.07, 6.45) is 2.64. The van der Waals surface area contributed by atoms with Gasteiger partial charge in [-0.2, -0.15) is 0 Å². The van der Waals surface area contributed by atoms with E-state index in [1.165, 1.54) is 42.5 Å². The molecule has 1 atom stereocenters. The first kappa shape index (κ1) is 21.4. The Morgan fingerprint density at radius 2 is 1.60 bits per heavy atom. The van der Waals surface area contributed by atoms with Gasteiger partial charge in [-0.15, -0.1) is 0 Å². The molecule has 4 nitrogen and oxygen atoms in total. The van der Waals surface area contributed by atoms with Crippen LogP contribution in [0.2, 0.25) is 0 Å². The van der Waals surface area contributed by atoms with Gasteiger partial charge < -0.3 is 5.32 Å². The summed E-state index contributed by atoms with van der Waals surface area (Å²) in [5.41, 5.74) is 1.000. The molecule has 0 aromatic heterocycles. The van der Waals surface area contributed by atoms with E-state index >= 15 is 0 Å². The number of sulfone groups is 1. The van der Waals surface area contributed by atoms with Crippen molar-refractivity contribution in [3.05, 3.63) is 108 Å². The smallest absolute Gasteiger partial charge is 0.244 e. The van der Waals surface area contributed by atoms with Gasteiger partial charge in [-0.05, 0) is 53.6 Å². The molecule has 0 radical (unpaired) electrons. The highest BCUT2D eigenvalue weighted by Crippen LogP contribution is 2.28. The van der Waals surface area contributed by atoms with Crippen molar-refractivity contribution in [2.24, 2.45) is 0 Å². The maximum atomic E-state index is 13.2. The van der Waals surface area contributed by atoms with Crippen LogP contribution in [0.4, 0.5) is 8.78 Å². The Morgan fingerprint density at radius 1 is 0.900 bits per heavy atom. The summed E-state index contributed by atoms with van der Waals surface area (Å²) in [5, 5.41) is 1.52. The first-order chi connectivity index (χ1) is 14.4. The number of carbonyl (C=O) groups excluding carboxylic acids is 1. The molecule has 7 heteroatoms. The van der Waals surface area contributed by atoms with Crippen molar-refractivity contribution >= 4 is 21.8 Å². The number of amides is 1. The minimum absolute atomic E-state index is 0.0395. The third-order valence-corrected chi connectivity index (χ3v) is 6.54. The fourth-order valence-electron chi connectivity index (χ4n) is 2.90. The summed E-state index contributed by atoms with van der Waals surface area (Å²) in [6, 6.07) is 18.8. The highest BCUT2D eigenvalue weighted by Gasteiger charge is 2.29. The quantitative estimate of drug-likeness (QED) is 0.452. The third kappa shape index (κ3) is 5.39. The van der Waals surface area contributed by atoms with Crippen LogP contribution >= 0.6 is 0 Å². The Labute approximate surface area is 173 Å². The molecule has 1 N–H and O–H groups in total. The zero-order valence-electron chi connectivity index (χ0n) is 15.8. The average Bonchev–Trinajstić information content (AvgIpc) is 2.73. The molecule has 30 heavy (non-hydrogen) atoms. The van der Waals surface area contributed by atoms with Gasteiger partial charge in [-0.3, -0.25) is 4.79 Å². The lowest BCUT2D eigenvalue weighted by Gasteiger charge is -2.18. The minimum Gasteiger partial charge on any atom is -0.351 e. The molecular weight excluding hydrogens is 408 g/mol. The summed E-state index contributed by atoms with van der Waals surface area (Å²) < 4.78 is 52.7. The van der Waals surface area contributed by atoms with Gasteiger partial charge in [0.25, 0.3) is 0 Å². The molecule has 0 aliphatic rings. The van der Waals surface area contributed by atoms with E-state index in [0.717, 1.165) is 12.1 Å². The summed E-state index contributed by atoms with van der Waals surface area (Å²) in [7, 11) is -3.89. The van der Waals surface area contributed by atoms with E-state index in [1.807, 2.05) is 0 Å². The molecule has 0 spiro atoms. The van der Waals surface area contributed by atoms with Crippen LogP contribution in [-0.2, 0) is 14.6 Å². The molecule has 3 rings (SSSR count). The molecule has 0 aliphatic heterocycles. The van der Waals surface area contributed by atoms with Crippen molar-refractivity contribution in [1.82, 2.24) is 5.32 Å². The molecular formula is C23H19F2NO3S. The molecule has 0 heterocycles. The van der Waals surface area contributed by atoms with Crippen LogP contribution in [0.3, 0.4) is 0 Å². The predicted octanol–water partition coefficient (Wildman–Crippen LogP) is 4.31. The SMILES string of the molecule is O=C(/C=C/c1cccc(F)c1)NCC(c1ccccc1)S(=O)(=O)c1ccc(F)cc1. The van der Waals surface area contributed by atoms with Crippen molar-refractivity contribution in [2.45, 2.75) is 10.1 Å². The monoisotopic (exact) mass is 427 g/mol. The van der Waals surface area contributed by atoms with Gasteiger partial charge >= 0.3 is 0 Å². The van der Waals surface area contributed by atoms with Crippen LogP contribution in [0.1, 0.15) is 16.4 Å². The lowest BCUT2D eigenvalue weighted by atomic mass is 10.1. The van der Waals surface area contributed by atoms with Gasteiger partial charge in [0.05, 0.1) is 4.90 Å². The van der Waals surface area contributed by atoms with E-state index in [9.17, 15) is 22.0 Å². The van der Waals surface area contributed by atoms with E-state index in [0.29, 0.717) is 11.1 Å². The molecule has 1 unspecified atom stereocenters. The van der Waals surface area contributed by atoms with Gasteiger partial charge in [-0.1, -0.05) is 42.5 Å². The summed E-state index contributed by atoms with van der Waals surface area (Å²) in [6.45, 7) is -0.184. The molecule has 0 saturated heterocycles. The van der Waals surface area contributed by atoms with E-state index in [4.69, 9.17) is 0 Å². The second kappa shape index (κ2) is 9.45. The standard InChI is InChI=1S/C23H19F2NO3S/c24-19-10-12-21(13-11-19)30(28,29)22(18-6-2-1-3-7-18)16-26-23(27)14-9-17-5-4-8-20(25)15-17/h1-15,22H,16H2,(H,26,27)/b14-9+. The maximum absolute atomic E-state index is 13.2. The maximum Gasteiger partial charge on any atom is 0.244 e. The number of carbonyl (C=O) groups is 1. The van der Waals surface area contributed by atoms with Gasteiger partial charge in [0.15, 0.2) is 9.84 Å². The Balaban J connectivity index is 1.80. The Morgan fingerprint density at radius 3 is 2.27 bits per heavy atom. The van der Waals surface area contributed by atoms with Crippen LogP contribution < -0.4 is 5.32 Å². The number of hydrogen-bond donors (Lipinski definition) is 1. The second-order valence-corrected chi connectivity index (χ2v) is 8.66. The Kier molecular flexibility index (Phi) is 6.74. The number of halogens is 2. The zero-order chi connectivity index (χ0) is 21.6.